The maximum atomic E-state index is 9.99. The molecule has 152 valence electrons. The Labute approximate surface area is 176 Å². The Morgan fingerprint density at radius 1 is 1.07 bits per heavy atom. The zero-order valence-electron chi connectivity index (χ0n) is 17.0. The molecular formula is C25H25N3O2. The molecule has 2 aromatic rings. The van der Waals surface area contributed by atoms with Crippen LogP contribution in [0.3, 0.4) is 0 Å². The van der Waals surface area contributed by atoms with Gasteiger partial charge in [0.25, 0.3) is 0 Å². The van der Waals surface area contributed by atoms with E-state index in [4.69, 9.17) is 0 Å². The maximum Gasteiger partial charge on any atom is 0.152 e. The lowest BCUT2D eigenvalue weighted by atomic mass is 9.96. The van der Waals surface area contributed by atoms with Gasteiger partial charge >= 0.3 is 0 Å². The van der Waals surface area contributed by atoms with E-state index in [1.165, 1.54) is 17.2 Å². The minimum atomic E-state index is -0.807. The molecule has 2 aliphatic carbocycles. The average Bonchev–Trinajstić information content (AvgIpc) is 2.93. The largest absolute Gasteiger partial charge is 0.508 e. The molecule has 0 saturated carbocycles. The van der Waals surface area contributed by atoms with Crippen LogP contribution in [-0.2, 0) is 0 Å². The first-order chi connectivity index (χ1) is 14.5. The number of allylic oxidation sites excluding steroid dienone is 9. The van der Waals surface area contributed by atoms with E-state index >= 15 is 0 Å². The van der Waals surface area contributed by atoms with Gasteiger partial charge in [-0.05, 0) is 60.4 Å². The molecule has 0 radical (unpaired) electrons. The van der Waals surface area contributed by atoms with Crippen LogP contribution in [0.4, 0.5) is 11.5 Å². The normalized spacial score (nSPS) is 20.8. The second-order valence-corrected chi connectivity index (χ2v) is 7.51. The second-order valence-electron chi connectivity index (χ2n) is 7.51. The van der Waals surface area contributed by atoms with Crippen molar-refractivity contribution in [2.75, 3.05) is 5.32 Å². The maximum absolute atomic E-state index is 9.99. The number of hydrogen-bond acceptors (Lipinski definition) is 4. The van der Waals surface area contributed by atoms with Crippen LogP contribution in [0.1, 0.15) is 16.8 Å². The molecule has 5 nitrogen and oxygen atoms in total. The molecule has 2 unspecified atom stereocenters. The van der Waals surface area contributed by atoms with Gasteiger partial charge in [-0.1, -0.05) is 48.6 Å². The van der Waals surface area contributed by atoms with Crippen LogP contribution in [-0.4, -0.2) is 26.5 Å². The molecule has 2 atom stereocenters. The van der Waals surface area contributed by atoms with Crippen LogP contribution < -0.4 is 5.32 Å². The number of nitrogens with zero attached hydrogens (tertiary/aromatic N) is 1. The van der Waals surface area contributed by atoms with Crippen molar-refractivity contribution in [1.82, 2.24) is 10.2 Å². The van der Waals surface area contributed by atoms with Crippen LogP contribution >= 0.6 is 0 Å². The van der Waals surface area contributed by atoms with Gasteiger partial charge in [0.15, 0.2) is 5.82 Å². The van der Waals surface area contributed by atoms with Gasteiger partial charge in [-0.2, -0.15) is 5.10 Å². The monoisotopic (exact) mass is 399 g/mol. The lowest BCUT2D eigenvalue weighted by molar-refractivity contribution is 0.264. The molecule has 0 spiro atoms. The zero-order valence-corrected chi connectivity index (χ0v) is 17.0. The summed E-state index contributed by atoms with van der Waals surface area (Å²) in [6, 6.07) is 8.16. The van der Waals surface area contributed by atoms with Gasteiger partial charge in [-0.3, -0.25) is 5.10 Å². The number of aromatic nitrogens is 2. The summed E-state index contributed by atoms with van der Waals surface area (Å²) in [5.41, 5.74) is 6.32. The number of benzene rings is 1. The number of aryl methyl sites for hydroxylation is 1. The van der Waals surface area contributed by atoms with Crippen molar-refractivity contribution in [3.63, 3.8) is 0 Å². The quantitative estimate of drug-likeness (QED) is 0.570. The Morgan fingerprint density at radius 3 is 2.80 bits per heavy atom. The van der Waals surface area contributed by atoms with Gasteiger partial charge < -0.3 is 15.5 Å². The summed E-state index contributed by atoms with van der Waals surface area (Å²) in [4.78, 5) is 0. The molecule has 0 aliphatic heterocycles. The first-order valence-electron chi connectivity index (χ1n) is 9.94. The topological polar surface area (TPSA) is 81.2 Å². The summed E-state index contributed by atoms with van der Waals surface area (Å²) in [6.07, 6.45) is 16.0. The van der Waals surface area contributed by atoms with Crippen LogP contribution in [0.2, 0.25) is 0 Å². The molecule has 4 N–H and O–H groups in total. The van der Waals surface area contributed by atoms with Crippen molar-refractivity contribution in [3.05, 3.63) is 107 Å². The van der Waals surface area contributed by atoms with Crippen molar-refractivity contribution in [1.29, 1.82) is 0 Å². The van der Waals surface area contributed by atoms with E-state index in [9.17, 15) is 10.2 Å². The van der Waals surface area contributed by atoms with Gasteiger partial charge in [0.05, 0.1) is 11.8 Å². The number of aliphatic hydroxyl groups is 2. The SMILES string of the molecule is Cc1cccc(Nc2cc(C3=CC=CC(C4=CC(O)C=C(O)C=C4)C=C3)[nH]n2)c1C. The summed E-state index contributed by atoms with van der Waals surface area (Å²) in [6.45, 7) is 4.19. The van der Waals surface area contributed by atoms with Crippen molar-refractivity contribution >= 4 is 17.1 Å². The highest BCUT2D eigenvalue weighted by atomic mass is 16.3. The van der Waals surface area contributed by atoms with Gasteiger partial charge in [0, 0.05) is 17.7 Å². The van der Waals surface area contributed by atoms with E-state index in [-0.39, 0.29) is 11.7 Å². The van der Waals surface area contributed by atoms with Crippen LogP contribution in [0.5, 0.6) is 0 Å². The fourth-order valence-electron chi connectivity index (χ4n) is 3.50. The van der Waals surface area contributed by atoms with Crippen molar-refractivity contribution in [2.45, 2.75) is 20.0 Å². The summed E-state index contributed by atoms with van der Waals surface area (Å²) >= 11 is 0. The summed E-state index contributed by atoms with van der Waals surface area (Å²) in [5, 5.41) is 30.5. The third-order valence-electron chi connectivity index (χ3n) is 5.37. The molecule has 1 aromatic carbocycles. The van der Waals surface area contributed by atoms with Gasteiger partial charge in [-0.15, -0.1) is 0 Å². The molecular weight excluding hydrogens is 374 g/mol. The summed E-state index contributed by atoms with van der Waals surface area (Å²) in [7, 11) is 0. The Morgan fingerprint density at radius 2 is 1.93 bits per heavy atom. The van der Waals surface area contributed by atoms with E-state index in [0.717, 1.165) is 28.3 Å². The van der Waals surface area contributed by atoms with E-state index in [1.54, 1.807) is 12.2 Å². The Kier molecular flexibility index (Phi) is 5.55. The molecule has 0 amide bonds. The molecule has 5 heteroatoms. The fourth-order valence-corrected chi connectivity index (χ4v) is 3.50. The molecule has 1 aromatic heterocycles. The fraction of sp³-hybridized carbons (Fsp3) is 0.160. The van der Waals surface area contributed by atoms with Crippen LogP contribution in [0, 0.1) is 19.8 Å². The number of aromatic amines is 1. The molecule has 30 heavy (non-hydrogen) atoms. The highest BCUT2D eigenvalue weighted by Gasteiger charge is 2.13. The van der Waals surface area contributed by atoms with E-state index < -0.39 is 6.10 Å². The first kappa shape index (κ1) is 19.7. The van der Waals surface area contributed by atoms with Gasteiger partial charge in [0.1, 0.15) is 5.76 Å². The Bertz CT molecular complexity index is 1130. The van der Waals surface area contributed by atoms with Crippen LogP contribution in [0.25, 0.3) is 5.57 Å². The van der Waals surface area contributed by atoms with Crippen molar-refractivity contribution in [2.24, 2.45) is 5.92 Å². The van der Waals surface area contributed by atoms with Crippen LogP contribution in [0.15, 0.2) is 90.3 Å². The van der Waals surface area contributed by atoms with E-state index in [2.05, 4.69) is 47.6 Å². The summed E-state index contributed by atoms with van der Waals surface area (Å²) in [5.74, 6) is 0.826. The molecule has 4 rings (SSSR count). The third kappa shape index (κ3) is 4.36. The Balaban J connectivity index is 1.51. The van der Waals surface area contributed by atoms with E-state index in [0.29, 0.717) is 0 Å². The standard InChI is InChI=1S/C25H25N3O2/c1-16-5-3-8-23(17(16)2)26-25-15-24(27-28-25)19-7-4-6-18(9-10-19)20-11-12-21(29)14-22(30)13-20/h3-15,18,22,29-30H,1-2H3,(H2,26,27,28). The Hall–Kier alpha value is -3.57. The predicted octanol–water partition coefficient (Wildman–Crippen LogP) is 5.19. The lowest BCUT2D eigenvalue weighted by Gasteiger charge is -2.09. The van der Waals surface area contributed by atoms with Crippen molar-refractivity contribution in [3.8, 4) is 0 Å². The third-order valence-corrected chi connectivity index (χ3v) is 5.37. The number of H-pyrrole nitrogens is 1. The number of anilines is 2. The molecule has 0 bridgehead atoms. The average molecular weight is 399 g/mol. The number of rotatable bonds is 4. The number of hydrogen-bond donors (Lipinski definition) is 4. The molecule has 1 heterocycles. The highest BCUT2D eigenvalue weighted by Crippen LogP contribution is 2.27. The zero-order chi connectivity index (χ0) is 21.1. The second kappa shape index (κ2) is 8.43. The molecule has 2 aliphatic rings. The van der Waals surface area contributed by atoms with Gasteiger partial charge in [0.2, 0.25) is 0 Å². The summed E-state index contributed by atoms with van der Waals surface area (Å²) < 4.78 is 0. The smallest absolute Gasteiger partial charge is 0.152 e. The first-order valence-corrected chi connectivity index (χ1v) is 9.94. The minimum absolute atomic E-state index is 0.000546. The molecule has 0 fully saturated rings. The number of aliphatic hydroxyl groups excluding tert-OH is 2. The minimum Gasteiger partial charge on any atom is -0.508 e. The predicted molar refractivity (Wildman–Crippen MR) is 121 cm³/mol. The van der Waals surface area contributed by atoms with Gasteiger partial charge in [-0.25, -0.2) is 0 Å². The van der Waals surface area contributed by atoms with Crippen molar-refractivity contribution < 1.29 is 10.2 Å². The highest BCUT2D eigenvalue weighted by molar-refractivity contribution is 5.76. The number of nitrogens with one attached hydrogen (secondary N) is 2. The van der Waals surface area contributed by atoms with E-state index in [1.807, 2.05) is 42.5 Å². The molecule has 0 saturated heterocycles. The lowest BCUT2D eigenvalue weighted by Crippen LogP contribution is -2.02.